The van der Waals surface area contributed by atoms with Gasteiger partial charge in [-0.25, -0.2) is 9.97 Å². The highest BCUT2D eigenvalue weighted by Gasteiger charge is 2.25. The normalized spacial score (nSPS) is 11.4. The van der Waals surface area contributed by atoms with E-state index in [-0.39, 0.29) is 0 Å². The molecule has 1 aromatic carbocycles. The molecule has 1 aromatic heterocycles. The Morgan fingerprint density at radius 3 is 2.72 bits per heavy atom. The quantitative estimate of drug-likeness (QED) is 0.696. The van der Waals surface area contributed by atoms with Gasteiger partial charge in [-0.15, -0.1) is 0 Å². The highest BCUT2D eigenvalue weighted by atomic mass is 16.1. The Labute approximate surface area is 104 Å². The van der Waals surface area contributed by atoms with Crippen molar-refractivity contribution >= 4 is 28.3 Å². The molecule has 5 N–H and O–H groups in total. The number of aromatic nitrogens is 2. The number of benzene rings is 1. The van der Waals surface area contributed by atoms with Crippen molar-refractivity contribution in [2.24, 2.45) is 5.73 Å². The Hall–Kier alpha value is -2.37. The van der Waals surface area contributed by atoms with Crippen LogP contribution in [0, 0.1) is 0 Å². The van der Waals surface area contributed by atoms with E-state index >= 15 is 0 Å². The zero-order chi connectivity index (χ0) is 13.3. The summed E-state index contributed by atoms with van der Waals surface area (Å²) in [4.78, 5) is 19.6. The number of primary amides is 1. The van der Waals surface area contributed by atoms with Gasteiger partial charge < -0.3 is 16.8 Å². The number of carbonyl (C=O) groups excluding carboxylic acids is 1. The van der Waals surface area contributed by atoms with Gasteiger partial charge in [0.15, 0.2) is 0 Å². The van der Waals surface area contributed by atoms with Crippen molar-refractivity contribution in [3.05, 3.63) is 24.5 Å². The number of nitrogens with two attached hydrogens (primary N) is 2. The van der Waals surface area contributed by atoms with E-state index in [9.17, 15) is 4.79 Å². The molecule has 0 aliphatic carbocycles. The van der Waals surface area contributed by atoms with Crippen molar-refractivity contribution in [1.82, 2.24) is 9.97 Å². The SMILES string of the molecule is CC(C)(Nc1ncnc2ccc(N)cc12)C(N)=O. The Morgan fingerprint density at radius 2 is 2.06 bits per heavy atom. The average molecular weight is 245 g/mol. The number of fused-ring (bicyclic) bond motifs is 1. The van der Waals surface area contributed by atoms with Gasteiger partial charge in [0.1, 0.15) is 17.7 Å². The van der Waals surface area contributed by atoms with Gasteiger partial charge in [-0.1, -0.05) is 0 Å². The maximum Gasteiger partial charge on any atom is 0.242 e. The Kier molecular flexibility index (Phi) is 2.78. The summed E-state index contributed by atoms with van der Waals surface area (Å²) >= 11 is 0. The molecule has 0 bridgehead atoms. The van der Waals surface area contributed by atoms with Gasteiger partial charge in [-0.3, -0.25) is 4.79 Å². The van der Waals surface area contributed by atoms with E-state index < -0.39 is 11.4 Å². The first kappa shape index (κ1) is 12.1. The Balaban J connectivity index is 2.51. The second-order valence-corrected chi connectivity index (χ2v) is 4.61. The third kappa shape index (κ3) is 2.17. The summed E-state index contributed by atoms with van der Waals surface area (Å²) in [6.45, 7) is 3.38. The molecule has 1 heterocycles. The number of amides is 1. The molecule has 0 aliphatic rings. The number of carbonyl (C=O) groups is 1. The molecule has 6 nitrogen and oxygen atoms in total. The van der Waals surface area contributed by atoms with Crippen molar-refractivity contribution < 1.29 is 4.79 Å². The minimum absolute atomic E-state index is 0.460. The van der Waals surface area contributed by atoms with Crippen LogP contribution in [0.3, 0.4) is 0 Å². The maximum atomic E-state index is 11.3. The topological polar surface area (TPSA) is 107 Å². The smallest absolute Gasteiger partial charge is 0.242 e. The van der Waals surface area contributed by atoms with E-state index in [1.54, 1.807) is 32.0 Å². The third-order valence-corrected chi connectivity index (χ3v) is 2.71. The summed E-state index contributed by atoms with van der Waals surface area (Å²) < 4.78 is 0. The fourth-order valence-corrected chi connectivity index (χ4v) is 1.53. The number of nitrogens with one attached hydrogen (secondary N) is 1. The summed E-state index contributed by atoms with van der Waals surface area (Å²) in [7, 11) is 0. The molecule has 0 atom stereocenters. The van der Waals surface area contributed by atoms with Gasteiger partial charge in [-0.2, -0.15) is 0 Å². The Bertz CT molecular complexity index is 608. The van der Waals surface area contributed by atoms with Crippen molar-refractivity contribution in [1.29, 1.82) is 0 Å². The Morgan fingerprint density at radius 1 is 1.33 bits per heavy atom. The molecule has 94 valence electrons. The van der Waals surface area contributed by atoms with Crippen molar-refractivity contribution in [3.8, 4) is 0 Å². The monoisotopic (exact) mass is 245 g/mol. The number of rotatable bonds is 3. The summed E-state index contributed by atoms with van der Waals surface area (Å²) in [5.41, 5.74) is 11.5. The highest BCUT2D eigenvalue weighted by Crippen LogP contribution is 2.24. The summed E-state index contributed by atoms with van der Waals surface area (Å²) in [5.74, 6) is 0.0780. The molecular weight excluding hydrogens is 230 g/mol. The molecule has 0 fully saturated rings. The largest absolute Gasteiger partial charge is 0.399 e. The first-order valence-corrected chi connectivity index (χ1v) is 5.48. The van der Waals surface area contributed by atoms with Gasteiger partial charge >= 0.3 is 0 Å². The fourth-order valence-electron chi connectivity index (χ4n) is 1.53. The molecule has 0 saturated carbocycles. The molecule has 0 spiro atoms. The molecule has 0 saturated heterocycles. The van der Waals surface area contributed by atoms with Gasteiger partial charge in [0, 0.05) is 11.1 Å². The number of hydrogen-bond donors (Lipinski definition) is 3. The standard InChI is InChI=1S/C12H15N5O/c1-12(2,11(14)18)17-10-8-5-7(13)3-4-9(8)15-6-16-10/h3-6H,13H2,1-2H3,(H2,14,18)(H,15,16,17). The highest BCUT2D eigenvalue weighted by molar-refractivity contribution is 5.94. The van der Waals surface area contributed by atoms with Crippen molar-refractivity contribution in [2.45, 2.75) is 19.4 Å². The summed E-state index contributed by atoms with van der Waals surface area (Å²) in [6, 6.07) is 5.32. The van der Waals surface area contributed by atoms with E-state index in [0.717, 1.165) is 10.9 Å². The number of anilines is 2. The lowest BCUT2D eigenvalue weighted by Gasteiger charge is -2.23. The number of nitrogen functional groups attached to an aromatic ring is 1. The molecule has 18 heavy (non-hydrogen) atoms. The molecule has 0 aliphatic heterocycles. The van der Waals surface area contributed by atoms with Crippen LogP contribution in [0.5, 0.6) is 0 Å². The van der Waals surface area contributed by atoms with Gasteiger partial charge in [0.25, 0.3) is 0 Å². The van der Waals surface area contributed by atoms with Crippen LogP contribution in [-0.2, 0) is 4.79 Å². The molecule has 2 rings (SSSR count). The van der Waals surface area contributed by atoms with Gasteiger partial charge in [-0.05, 0) is 32.0 Å². The fraction of sp³-hybridized carbons (Fsp3) is 0.250. The molecular formula is C12H15N5O. The molecule has 6 heteroatoms. The zero-order valence-corrected chi connectivity index (χ0v) is 10.3. The van der Waals surface area contributed by atoms with Crippen LogP contribution in [0.25, 0.3) is 10.9 Å². The predicted molar refractivity (Wildman–Crippen MR) is 70.8 cm³/mol. The van der Waals surface area contributed by atoms with Crippen LogP contribution < -0.4 is 16.8 Å². The second-order valence-electron chi connectivity index (χ2n) is 4.61. The van der Waals surface area contributed by atoms with E-state index in [2.05, 4.69) is 15.3 Å². The summed E-state index contributed by atoms with van der Waals surface area (Å²) in [6.07, 6.45) is 1.43. The number of hydrogen-bond acceptors (Lipinski definition) is 5. The molecule has 0 unspecified atom stereocenters. The lowest BCUT2D eigenvalue weighted by Crippen LogP contribution is -2.45. The van der Waals surface area contributed by atoms with Crippen molar-refractivity contribution in [2.75, 3.05) is 11.1 Å². The van der Waals surface area contributed by atoms with Crippen LogP contribution >= 0.6 is 0 Å². The van der Waals surface area contributed by atoms with Crippen LogP contribution in [0.4, 0.5) is 11.5 Å². The molecule has 0 radical (unpaired) electrons. The first-order valence-electron chi connectivity index (χ1n) is 5.48. The van der Waals surface area contributed by atoms with E-state index in [1.807, 2.05) is 0 Å². The van der Waals surface area contributed by atoms with E-state index in [4.69, 9.17) is 11.5 Å². The van der Waals surface area contributed by atoms with Crippen molar-refractivity contribution in [3.63, 3.8) is 0 Å². The summed E-state index contributed by atoms with van der Waals surface area (Å²) in [5, 5.41) is 3.76. The van der Waals surface area contributed by atoms with Crippen LogP contribution in [-0.4, -0.2) is 21.4 Å². The minimum Gasteiger partial charge on any atom is -0.399 e. The van der Waals surface area contributed by atoms with Gasteiger partial charge in [0.05, 0.1) is 5.52 Å². The van der Waals surface area contributed by atoms with Gasteiger partial charge in [0.2, 0.25) is 5.91 Å². The first-order chi connectivity index (χ1) is 8.40. The lowest BCUT2D eigenvalue weighted by atomic mass is 10.0. The molecule has 1 amide bonds. The lowest BCUT2D eigenvalue weighted by molar-refractivity contribution is -0.121. The average Bonchev–Trinajstić information content (AvgIpc) is 2.29. The van der Waals surface area contributed by atoms with Crippen LogP contribution in [0.2, 0.25) is 0 Å². The minimum atomic E-state index is -0.897. The second kappa shape index (κ2) is 4.14. The maximum absolute atomic E-state index is 11.3. The predicted octanol–water partition coefficient (Wildman–Crippen LogP) is 0.888. The van der Waals surface area contributed by atoms with E-state index in [0.29, 0.717) is 11.5 Å². The third-order valence-electron chi connectivity index (χ3n) is 2.71. The zero-order valence-electron chi connectivity index (χ0n) is 10.3. The van der Waals surface area contributed by atoms with Crippen LogP contribution in [0.1, 0.15) is 13.8 Å². The van der Waals surface area contributed by atoms with E-state index in [1.165, 1.54) is 6.33 Å². The number of nitrogens with zero attached hydrogens (tertiary/aromatic N) is 2. The van der Waals surface area contributed by atoms with Crippen LogP contribution in [0.15, 0.2) is 24.5 Å². The molecule has 2 aromatic rings.